The second-order valence-electron chi connectivity index (χ2n) is 6.83. The van der Waals surface area contributed by atoms with Crippen LogP contribution in [0.5, 0.6) is 0 Å². The summed E-state index contributed by atoms with van der Waals surface area (Å²) >= 11 is 0. The van der Waals surface area contributed by atoms with Gasteiger partial charge in [0.05, 0.1) is 18.1 Å². The van der Waals surface area contributed by atoms with E-state index >= 15 is 0 Å². The smallest absolute Gasteiger partial charge is 0.226 e. The summed E-state index contributed by atoms with van der Waals surface area (Å²) in [6.45, 7) is 15.8. The number of ether oxygens (including phenoxy) is 1. The molecule has 19 heavy (non-hydrogen) atoms. The highest BCUT2D eigenvalue weighted by molar-refractivity contribution is 5.79. The van der Waals surface area contributed by atoms with Crippen LogP contribution >= 0.6 is 0 Å². The Morgan fingerprint density at radius 1 is 1.05 bits per heavy atom. The Bertz CT molecular complexity index is 293. The van der Waals surface area contributed by atoms with Gasteiger partial charge in [-0.3, -0.25) is 4.79 Å². The minimum Gasteiger partial charge on any atom is -0.374 e. The Balaban J connectivity index is 2.55. The number of amides is 1. The van der Waals surface area contributed by atoms with Crippen LogP contribution in [-0.4, -0.2) is 24.7 Å². The van der Waals surface area contributed by atoms with Crippen molar-refractivity contribution in [2.45, 2.75) is 60.7 Å². The van der Waals surface area contributed by atoms with Gasteiger partial charge in [-0.2, -0.15) is 0 Å². The summed E-state index contributed by atoms with van der Waals surface area (Å²) in [4.78, 5) is 12.4. The quantitative estimate of drug-likeness (QED) is 0.833. The van der Waals surface area contributed by atoms with Crippen molar-refractivity contribution in [1.82, 2.24) is 5.32 Å². The number of rotatable bonds is 5. The molecular formula is C16H31NO2. The zero-order valence-corrected chi connectivity index (χ0v) is 13.6. The highest BCUT2D eigenvalue weighted by Gasteiger charge is 2.41. The molecule has 1 aliphatic rings. The minimum atomic E-state index is -0.00465. The third-order valence-electron chi connectivity index (χ3n) is 4.77. The van der Waals surface area contributed by atoms with Gasteiger partial charge in [-0.1, -0.05) is 34.6 Å². The standard InChI is InChI=1S/C16H31NO2/c1-9(2)14(10(3)4)8-17-16(18)15-11(5)12(6)19-13(15)7/h9-15H,8H2,1-7H3,(H,17,18). The molecule has 1 rings (SSSR count). The van der Waals surface area contributed by atoms with Crippen molar-refractivity contribution in [3.8, 4) is 0 Å². The zero-order chi connectivity index (χ0) is 14.7. The molecular weight excluding hydrogens is 238 g/mol. The Morgan fingerprint density at radius 3 is 1.95 bits per heavy atom. The summed E-state index contributed by atoms with van der Waals surface area (Å²) in [6, 6.07) is 0. The lowest BCUT2D eigenvalue weighted by Gasteiger charge is -2.26. The highest BCUT2D eigenvalue weighted by atomic mass is 16.5. The van der Waals surface area contributed by atoms with Crippen molar-refractivity contribution in [1.29, 1.82) is 0 Å². The molecule has 1 saturated heterocycles. The number of hydrogen-bond donors (Lipinski definition) is 1. The van der Waals surface area contributed by atoms with E-state index in [4.69, 9.17) is 4.74 Å². The van der Waals surface area contributed by atoms with Gasteiger partial charge in [0, 0.05) is 6.54 Å². The maximum absolute atomic E-state index is 12.4. The number of nitrogens with one attached hydrogen (secondary N) is 1. The monoisotopic (exact) mass is 269 g/mol. The number of carbonyl (C=O) groups excluding carboxylic acids is 1. The average Bonchev–Trinajstić information content (AvgIpc) is 2.52. The topological polar surface area (TPSA) is 38.3 Å². The molecule has 0 aliphatic carbocycles. The van der Waals surface area contributed by atoms with Crippen LogP contribution in [-0.2, 0) is 9.53 Å². The summed E-state index contributed by atoms with van der Waals surface area (Å²) in [7, 11) is 0. The second kappa shape index (κ2) is 6.74. The lowest BCUT2D eigenvalue weighted by Crippen LogP contribution is -2.41. The van der Waals surface area contributed by atoms with Gasteiger partial charge in [-0.05, 0) is 37.5 Å². The number of hydrogen-bond acceptors (Lipinski definition) is 2. The molecule has 0 radical (unpaired) electrons. The normalized spacial score (nSPS) is 31.5. The van der Waals surface area contributed by atoms with Crippen LogP contribution in [0, 0.1) is 29.6 Å². The van der Waals surface area contributed by atoms with Crippen molar-refractivity contribution in [3.05, 3.63) is 0 Å². The maximum Gasteiger partial charge on any atom is 0.226 e. The summed E-state index contributed by atoms with van der Waals surface area (Å²) in [5.74, 6) is 2.18. The molecule has 1 fully saturated rings. The molecule has 112 valence electrons. The lowest BCUT2D eigenvalue weighted by molar-refractivity contribution is -0.127. The van der Waals surface area contributed by atoms with Crippen LogP contribution < -0.4 is 5.32 Å². The van der Waals surface area contributed by atoms with Crippen LogP contribution in [0.1, 0.15) is 48.5 Å². The summed E-state index contributed by atoms with van der Waals surface area (Å²) in [5.41, 5.74) is 0. The largest absolute Gasteiger partial charge is 0.374 e. The van der Waals surface area contributed by atoms with Crippen molar-refractivity contribution < 1.29 is 9.53 Å². The molecule has 0 spiro atoms. The predicted octanol–water partition coefficient (Wildman–Crippen LogP) is 3.09. The highest BCUT2D eigenvalue weighted by Crippen LogP contribution is 2.32. The van der Waals surface area contributed by atoms with Crippen molar-refractivity contribution in [2.24, 2.45) is 29.6 Å². The fourth-order valence-corrected chi connectivity index (χ4v) is 3.30. The van der Waals surface area contributed by atoms with Gasteiger partial charge >= 0.3 is 0 Å². The van der Waals surface area contributed by atoms with Crippen LogP contribution in [0.2, 0.25) is 0 Å². The molecule has 4 unspecified atom stereocenters. The third kappa shape index (κ3) is 3.95. The second-order valence-corrected chi connectivity index (χ2v) is 6.83. The van der Waals surface area contributed by atoms with Gasteiger partial charge in [-0.15, -0.1) is 0 Å². The van der Waals surface area contributed by atoms with E-state index in [-0.39, 0.29) is 24.0 Å². The summed E-state index contributed by atoms with van der Waals surface area (Å²) < 4.78 is 5.75. The molecule has 1 amide bonds. The van der Waals surface area contributed by atoms with E-state index in [0.717, 1.165) is 6.54 Å². The van der Waals surface area contributed by atoms with Gasteiger partial charge in [0.15, 0.2) is 0 Å². The van der Waals surface area contributed by atoms with Crippen LogP contribution in [0.25, 0.3) is 0 Å². The molecule has 0 bridgehead atoms. The molecule has 0 saturated carbocycles. The molecule has 3 nitrogen and oxygen atoms in total. The van der Waals surface area contributed by atoms with Crippen molar-refractivity contribution in [3.63, 3.8) is 0 Å². The van der Waals surface area contributed by atoms with Crippen LogP contribution in [0.3, 0.4) is 0 Å². The van der Waals surface area contributed by atoms with Gasteiger partial charge in [0.2, 0.25) is 5.91 Å². The van der Waals surface area contributed by atoms with E-state index in [1.54, 1.807) is 0 Å². The van der Waals surface area contributed by atoms with Gasteiger partial charge in [0.25, 0.3) is 0 Å². The van der Waals surface area contributed by atoms with E-state index in [0.29, 0.717) is 23.7 Å². The van der Waals surface area contributed by atoms with Crippen molar-refractivity contribution in [2.75, 3.05) is 6.54 Å². The fraction of sp³-hybridized carbons (Fsp3) is 0.938. The van der Waals surface area contributed by atoms with E-state index in [9.17, 15) is 4.79 Å². The first-order chi connectivity index (χ1) is 8.75. The fourth-order valence-electron chi connectivity index (χ4n) is 3.30. The van der Waals surface area contributed by atoms with E-state index in [2.05, 4.69) is 46.9 Å². The Labute approximate surface area is 118 Å². The number of carbonyl (C=O) groups is 1. The maximum atomic E-state index is 12.4. The summed E-state index contributed by atoms with van der Waals surface area (Å²) in [5, 5.41) is 3.15. The Kier molecular flexibility index (Phi) is 5.84. The SMILES string of the molecule is CC(C)C(CNC(=O)C1C(C)OC(C)C1C)C(C)C. The van der Waals surface area contributed by atoms with Crippen LogP contribution in [0.15, 0.2) is 0 Å². The molecule has 0 aromatic heterocycles. The first kappa shape index (κ1) is 16.5. The Hall–Kier alpha value is -0.570. The Morgan fingerprint density at radius 2 is 1.58 bits per heavy atom. The molecule has 4 atom stereocenters. The van der Waals surface area contributed by atoms with E-state index in [1.165, 1.54) is 0 Å². The lowest BCUT2D eigenvalue weighted by atomic mass is 9.84. The molecule has 0 aromatic carbocycles. The minimum absolute atomic E-state index is 0.00465. The van der Waals surface area contributed by atoms with Gasteiger partial charge < -0.3 is 10.1 Å². The molecule has 0 aromatic rings. The first-order valence-electron chi connectivity index (χ1n) is 7.68. The first-order valence-corrected chi connectivity index (χ1v) is 7.68. The van der Waals surface area contributed by atoms with Crippen LogP contribution in [0.4, 0.5) is 0 Å². The van der Waals surface area contributed by atoms with E-state index in [1.807, 2.05) is 6.92 Å². The molecule has 1 N–H and O–H groups in total. The zero-order valence-electron chi connectivity index (χ0n) is 13.6. The van der Waals surface area contributed by atoms with E-state index < -0.39 is 0 Å². The predicted molar refractivity (Wildman–Crippen MR) is 78.8 cm³/mol. The average molecular weight is 269 g/mol. The van der Waals surface area contributed by atoms with Gasteiger partial charge in [0.1, 0.15) is 0 Å². The summed E-state index contributed by atoms with van der Waals surface area (Å²) in [6.07, 6.45) is 0.207. The van der Waals surface area contributed by atoms with Crippen molar-refractivity contribution >= 4 is 5.91 Å². The molecule has 3 heteroatoms. The molecule has 1 heterocycles. The van der Waals surface area contributed by atoms with Gasteiger partial charge in [-0.25, -0.2) is 0 Å². The third-order valence-corrected chi connectivity index (χ3v) is 4.77. The molecule has 1 aliphatic heterocycles.